The quantitative estimate of drug-likeness (QED) is 0.595. The Morgan fingerprint density at radius 3 is 2.87 bits per heavy atom. The van der Waals surface area contributed by atoms with Crippen molar-refractivity contribution >= 4 is 23.5 Å². The van der Waals surface area contributed by atoms with E-state index >= 15 is 0 Å². The van der Waals surface area contributed by atoms with Gasteiger partial charge in [0.15, 0.2) is 0 Å². The van der Waals surface area contributed by atoms with Gasteiger partial charge in [0, 0.05) is 5.69 Å². The molecule has 1 aromatic rings. The zero-order chi connectivity index (χ0) is 11.3. The minimum atomic E-state index is -0.570. The van der Waals surface area contributed by atoms with Crippen molar-refractivity contribution in [1.82, 2.24) is 0 Å². The van der Waals surface area contributed by atoms with Crippen molar-refractivity contribution in [2.75, 3.05) is 12.4 Å². The number of amides is 1. The second-order valence-corrected chi connectivity index (χ2v) is 2.82. The van der Waals surface area contributed by atoms with E-state index in [0.717, 1.165) is 5.56 Å². The molecule has 1 aromatic carbocycles. The van der Waals surface area contributed by atoms with Crippen molar-refractivity contribution < 1.29 is 14.3 Å². The summed E-state index contributed by atoms with van der Waals surface area (Å²) in [6.45, 7) is 1.80. The number of carbonyl (C=O) groups excluding carboxylic acids is 2. The van der Waals surface area contributed by atoms with Crippen molar-refractivity contribution in [3.8, 4) is 0 Å². The van der Waals surface area contributed by atoms with E-state index in [9.17, 15) is 9.59 Å². The number of methoxy groups -OCH3 is 1. The lowest BCUT2D eigenvalue weighted by Crippen LogP contribution is -2.10. The minimum Gasteiger partial charge on any atom is -0.453 e. The number of isocyanates is 1. The van der Waals surface area contributed by atoms with Crippen LogP contribution in [0, 0.1) is 6.92 Å². The fraction of sp³-hybridized carbons (Fsp3) is 0.200. The standard InChI is InChI=1S/C10H10N2O3/c1-7-3-4-8(12-10(14)15-2)5-9(7)11-6-13/h3-5H,1-2H3,(H,12,14). The van der Waals surface area contributed by atoms with E-state index in [4.69, 9.17) is 0 Å². The fourth-order valence-electron chi connectivity index (χ4n) is 1.03. The van der Waals surface area contributed by atoms with E-state index in [2.05, 4.69) is 15.0 Å². The van der Waals surface area contributed by atoms with Gasteiger partial charge in [0.1, 0.15) is 0 Å². The molecule has 0 bridgehead atoms. The second-order valence-electron chi connectivity index (χ2n) is 2.82. The zero-order valence-electron chi connectivity index (χ0n) is 8.40. The van der Waals surface area contributed by atoms with Crippen LogP contribution in [0.5, 0.6) is 0 Å². The Kier molecular flexibility index (Phi) is 3.60. The SMILES string of the molecule is COC(=O)Nc1ccc(C)c(N=C=O)c1. The van der Waals surface area contributed by atoms with Crippen LogP contribution in [0.25, 0.3) is 0 Å². The molecule has 0 aromatic heterocycles. The summed E-state index contributed by atoms with van der Waals surface area (Å²) in [5.41, 5.74) is 1.81. The van der Waals surface area contributed by atoms with E-state index in [-0.39, 0.29) is 0 Å². The zero-order valence-corrected chi connectivity index (χ0v) is 8.40. The number of anilines is 1. The highest BCUT2D eigenvalue weighted by Gasteiger charge is 2.03. The molecule has 5 nitrogen and oxygen atoms in total. The molecular weight excluding hydrogens is 196 g/mol. The van der Waals surface area contributed by atoms with Gasteiger partial charge in [-0.15, -0.1) is 0 Å². The van der Waals surface area contributed by atoms with Gasteiger partial charge in [0.25, 0.3) is 0 Å². The highest BCUT2D eigenvalue weighted by atomic mass is 16.5. The summed E-state index contributed by atoms with van der Waals surface area (Å²) in [5, 5.41) is 2.47. The third-order valence-electron chi connectivity index (χ3n) is 1.81. The normalized spacial score (nSPS) is 8.93. The van der Waals surface area contributed by atoms with Crippen molar-refractivity contribution in [3.05, 3.63) is 23.8 Å². The molecule has 0 aliphatic rings. The molecule has 0 spiro atoms. The highest BCUT2D eigenvalue weighted by Crippen LogP contribution is 2.22. The molecule has 0 radical (unpaired) electrons. The van der Waals surface area contributed by atoms with Gasteiger partial charge in [-0.2, -0.15) is 4.99 Å². The first kappa shape index (κ1) is 10.9. The summed E-state index contributed by atoms with van der Waals surface area (Å²) in [6, 6.07) is 4.99. The van der Waals surface area contributed by atoms with Gasteiger partial charge in [-0.3, -0.25) is 5.32 Å². The molecule has 0 fully saturated rings. The van der Waals surface area contributed by atoms with Crippen LogP contribution in [0.4, 0.5) is 16.2 Å². The largest absolute Gasteiger partial charge is 0.453 e. The number of rotatable bonds is 2. The molecule has 0 heterocycles. The average molecular weight is 206 g/mol. The number of hydrogen-bond donors (Lipinski definition) is 1. The molecule has 78 valence electrons. The molecule has 1 N–H and O–H groups in total. The van der Waals surface area contributed by atoms with Crippen LogP contribution in [-0.2, 0) is 9.53 Å². The first-order valence-electron chi connectivity index (χ1n) is 4.21. The summed E-state index contributed by atoms with van der Waals surface area (Å²) in [4.78, 5) is 24.5. The van der Waals surface area contributed by atoms with E-state index in [1.165, 1.54) is 13.2 Å². The summed E-state index contributed by atoms with van der Waals surface area (Å²) in [6.07, 6.45) is 0.881. The first-order chi connectivity index (χ1) is 7.17. The lowest BCUT2D eigenvalue weighted by atomic mass is 10.2. The number of benzene rings is 1. The Morgan fingerprint density at radius 2 is 2.27 bits per heavy atom. The van der Waals surface area contributed by atoms with E-state index in [0.29, 0.717) is 11.4 Å². The van der Waals surface area contributed by atoms with Crippen LogP contribution >= 0.6 is 0 Å². The van der Waals surface area contributed by atoms with Crippen molar-refractivity contribution in [2.24, 2.45) is 4.99 Å². The van der Waals surface area contributed by atoms with Crippen LogP contribution in [0.3, 0.4) is 0 Å². The van der Waals surface area contributed by atoms with Gasteiger partial charge in [-0.1, -0.05) is 6.07 Å². The maximum atomic E-state index is 10.9. The van der Waals surface area contributed by atoms with E-state index < -0.39 is 6.09 Å². The number of aryl methyl sites for hydroxylation is 1. The van der Waals surface area contributed by atoms with Gasteiger partial charge >= 0.3 is 6.09 Å². The Labute approximate surface area is 86.8 Å². The molecule has 0 aliphatic carbocycles. The van der Waals surface area contributed by atoms with Crippen molar-refractivity contribution in [2.45, 2.75) is 6.92 Å². The molecular formula is C10H10N2O3. The molecule has 0 saturated carbocycles. The van der Waals surface area contributed by atoms with Crippen molar-refractivity contribution in [3.63, 3.8) is 0 Å². The van der Waals surface area contributed by atoms with Crippen LogP contribution in [0.2, 0.25) is 0 Å². The Balaban J connectivity index is 2.97. The summed E-state index contributed by atoms with van der Waals surface area (Å²) >= 11 is 0. The minimum absolute atomic E-state index is 0.471. The monoisotopic (exact) mass is 206 g/mol. The number of aliphatic imine (C=N–C) groups is 1. The van der Waals surface area contributed by atoms with Crippen LogP contribution < -0.4 is 5.32 Å². The maximum Gasteiger partial charge on any atom is 0.411 e. The van der Waals surface area contributed by atoms with Gasteiger partial charge in [-0.05, 0) is 24.6 Å². The first-order valence-corrected chi connectivity index (χ1v) is 4.21. The van der Waals surface area contributed by atoms with E-state index in [1.54, 1.807) is 25.1 Å². The second kappa shape index (κ2) is 4.93. The summed E-state index contributed by atoms with van der Waals surface area (Å²) in [5.74, 6) is 0. The van der Waals surface area contributed by atoms with Crippen LogP contribution in [0.1, 0.15) is 5.56 Å². The highest BCUT2D eigenvalue weighted by molar-refractivity contribution is 5.85. The molecule has 5 heteroatoms. The lowest BCUT2D eigenvalue weighted by molar-refractivity contribution is 0.187. The number of ether oxygens (including phenoxy) is 1. The van der Waals surface area contributed by atoms with Gasteiger partial charge in [0.2, 0.25) is 6.08 Å². The smallest absolute Gasteiger partial charge is 0.411 e. The molecule has 0 atom stereocenters. The van der Waals surface area contributed by atoms with Crippen molar-refractivity contribution in [1.29, 1.82) is 0 Å². The molecule has 0 saturated heterocycles. The van der Waals surface area contributed by atoms with E-state index in [1.807, 2.05) is 0 Å². The maximum absolute atomic E-state index is 10.9. The third kappa shape index (κ3) is 2.93. The topological polar surface area (TPSA) is 67.8 Å². The number of nitrogens with one attached hydrogen (secondary N) is 1. The van der Waals surface area contributed by atoms with Crippen LogP contribution in [-0.4, -0.2) is 19.3 Å². The lowest BCUT2D eigenvalue weighted by Gasteiger charge is -2.05. The molecule has 15 heavy (non-hydrogen) atoms. The third-order valence-corrected chi connectivity index (χ3v) is 1.81. The predicted molar refractivity (Wildman–Crippen MR) is 55.0 cm³/mol. The molecule has 1 amide bonds. The molecule has 0 aliphatic heterocycles. The number of hydrogen-bond acceptors (Lipinski definition) is 4. The predicted octanol–water partition coefficient (Wildman–Crippen LogP) is 2.14. The average Bonchev–Trinajstić information content (AvgIpc) is 2.23. The summed E-state index contributed by atoms with van der Waals surface area (Å²) < 4.78 is 4.43. The molecule has 1 rings (SSSR count). The summed E-state index contributed by atoms with van der Waals surface area (Å²) in [7, 11) is 1.27. The van der Waals surface area contributed by atoms with Gasteiger partial charge in [-0.25, -0.2) is 9.59 Å². The Morgan fingerprint density at radius 1 is 1.53 bits per heavy atom. The van der Waals surface area contributed by atoms with Gasteiger partial charge < -0.3 is 4.74 Å². The molecule has 0 unspecified atom stereocenters. The Bertz CT molecular complexity index is 423. The fourth-order valence-corrected chi connectivity index (χ4v) is 1.03. The van der Waals surface area contributed by atoms with Crippen LogP contribution in [0.15, 0.2) is 23.2 Å². The number of nitrogens with zero attached hydrogens (tertiary/aromatic N) is 1. The van der Waals surface area contributed by atoms with Gasteiger partial charge in [0.05, 0.1) is 12.8 Å². The Hall–Kier alpha value is -2.13. The number of carbonyl (C=O) groups is 1.